The number of hydrogen-bond acceptors (Lipinski definition) is 1. The maximum atomic E-state index is 9.75. The van der Waals surface area contributed by atoms with Gasteiger partial charge in [0.05, 0.1) is 0 Å². The Kier molecular flexibility index (Phi) is 2.84. The first-order chi connectivity index (χ1) is 6.03. The zero-order chi connectivity index (χ0) is 10.1. The van der Waals surface area contributed by atoms with Gasteiger partial charge in [-0.25, -0.2) is 0 Å². The largest absolute Gasteiger partial charge is 0.508 e. The minimum Gasteiger partial charge on any atom is -0.508 e. The molecule has 13 heavy (non-hydrogen) atoms. The predicted octanol–water partition coefficient (Wildman–Crippen LogP) is 3.97. The van der Waals surface area contributed by atoms with Gasteiger partial charge in [-0.3, -0.25) is 0 Å². The monoisotopic (exact) mass is 180 g/mol. The zero-order valence-corrected chi connectivity index (χ0v) is 9.15. The van der Waals surface area contributed by atoms with E-state index in [1.165, 1.54) is 5.57 Å². The van der Waals surface area contributed by atoms with Crippen LogP contribution in [0.1, 0.15) is 47.0 Å². The van der Waals surface area contributed by atoms with Crippen LogP contribution in [-0.4, -0.2) is 5.11 Å². The van der Waals surface area contributed by atoms with Crippen LogP contribution >= 0.6 is 0 Å². The lowest BCUT2D eigenvalue weighted by molar-refractivity contribution is 0.323. The van der Waals surface area contributed by atoms with Crippen molar-refractivity contribution in [3.8, 4) is 0 Å². The van der Waals surface area contributed by atoms with Crippen molar-refractivity contribution < 1.29 is 5.11 Å². The van der Waals surface area contributed by atoms with Gasteiger partial charge in [-0.15, -0.1) is 0 Å². The third-order valence-electron chi connectivity index (χ3n) is 3.48. The fourth-order valence-corrected chi connectivity index (χ4v) is 1.91. The smallest absolute Gasteiger partial charge is 0.115 e. The second-order valence-corrected chi connectivity index (χ2v) is 4.26. The zero-order valence-electron chi connectivity index (χ0n) is 9.15. The number of rotatable bonds is 2. The van der Waals surface area contributed by atoms with E-state index in [1.54, 1.807) is 0 Å². The Morgan fingerprint density at radius 2 is 2.08 bits per heavy atom. The normalized spacial score (nSPS) is 29.1. The molecule has 0 heterocycles. The molecule has 1 heteroatoms. The summed E-state index contributed by atoms with van der Waals surface area (Å²) in [5, 5.41) is 9.75. The van der Waals surface area contributed by atoms with Gasteiger partial charge in [0.1, 0.15) is 5.76 Å². The molecule has 0 aromatic heterocycles. The van der Waals surface area contributed by atoms with E-state index in [0.29, 0.717) is 5.76 Å². The van der Waals surface area contributed by atoms with E-state index < -0.39 is 0 Å². The van der Waals surface area contributed by atoms with Crippen LogP contribution in [0.3, 0.4) is 0 Å². The van der Waals surface area contributed by atoms with Crippen molar-refractivity contribution in [1.29, 1.82) is 0 Å². The van der Waals surface area contributed by atoms with Crippen LogP contribution in [0.5, 0.6) is 0 Å². The van der Waals surface area contributed by atoms with Gasteiger partial charge in [-0.2, -0.15) is 0 Å². The van der Waals surface area contributed by atoms with Crippen LogP contribution in [0.2, 0.25) is 0 Å². The van der Waals surface area contributed by atoms with Crippen molar-refractivity contribution in [1.82, 2.24) is 0 Å². The number of allylic oxidation sites excluding steroid dienone is 3. The summed E-state index contributed by atoms with van der Waals surface area (Å²) in [6.07, 6.45) is 5.19. The van der Waals surface area contributed by atoms with Gasteiger partial charge in [-0.1, -0.05) is 26.3 Å². The van der Waals surface area contributed by atoms with Crippen molar-refractivity contribution in [3.05, 3.63) is 23.0 Å². The average molecular weight is 180 g/mol. The summed E-state index contributed by atoms with van der Waals surface area (Å²) >= 11 is 0. The molecule has 0 aliphatic heterocycles. The van der Waals surface area contributed by atoms with Gasteiger partial charge in [0, 0.05) is 0 Å². The first kappa shape index (κ1) is 10.4. The highest BCUT2D eigenvalue weighted by molar-refractivity contribution is 5.33. The van der Waals surface area contributed by atoms with Gasteiger partial charge < -0.3 is 5.11 Å². The van der Waals surface area contributed by atoms with E-state index in [4.69, 9.17) is 0 Å². The summed E-state index contributed by atoms with van der Waals surface area (Å²) in [7, 11) is 0. The Hall–Kier alpha value is -0.720. The molecule has 0 saturated heterocycles. The predicted molar refractivity (Wildman–Crippen MR) is 56.7 cm³/mol. The molecule has 1 N–H and O–H groups in total. The molecular weight excluding hydrogens is 160 g/mol. The second-order valence-electron chi connectivity index (χ2n) is 4.26. The lowest BCUT2D eigenvalue weighted by Gasteiger charge is -2.34. The summed E-state index contributed by atoms with van der Waals surface area (Å²) < 4.78 is 0. The van der Waals surface area contributed by atoms with E-state index in [0.717, 1.165) is 24.8 Å². The molecule has 1 aliphatic rings. The highest BCUT2D eigenvalue weighted by atomic mass is 16.3. The maximum absolute atomic E-state index is 9.75. The lowest BCUT2D eigenvalue weighted by atomic mass is 9.71. The summed E-state index contributed by atoms with van der Waals surface area (Å²) in [6.45, 7) is 8.62. The Balaban J connectivity index is 3.04. The molecule has 0 saturated carbocycles. The third-order valence-corrected chi connectivity index (χ3v) is 3.48. The van der Waals surface area contributed by atoms with Crippen molar-refractivity contribution in [2.75, 3.05) is 0 Å². The minimum absolute atomic E-state index is 0.185. The average Bonchev–Trinajstić information content (AvgIpc) is 2.13. The number of aliphatic hydroxyl groups excluding tert-OH is 1. The number of aliphatic hydroxyl groups is 1. The van der Waals surface area contributed by atoms with Gasteiger partial charge in [0.25, 0.3) is 0 Å². The Labute approximate surface area is 81.2 Å². The van der Waals surface area contributed by atoms with Crippen LogP contribution in [-0.2, 0) is 0 Å². The van der Waals surface area contributed by atoms with Crippen LogP contribution < -0.4 is 0 Å². The fraction of sp³-hybridized carbons (Fsp3) is 0.667. The second kappa shape index (κ2) is 3.57. The van der Waals surface area contributed by atoms with Crippen molar-refractivity contribution in [2.24, 2.45) is 5.41 Å². The molecule has 0 bridgehead atoms. The van der Waals surface area contributed by atoms with Crippen molar-refractivity contribution in [3.63, 3.8) is 0 Å². The standard InChI is InChI=1S/C12H20O/c1-5-10-7-11(13)9(3)12(4,6-2)8-10/h7,13H,5-6,8H2,1-4H3. The summed E-state index contributed by atoms with van der Waals surface area (Å²) in [4.78, 5) is 0. The molecule has 74 valence electrons. The molecule has 1 rings (SSSR count). The topological polar surface area (TPSA) is 20.2 Å². The van der Waals surface area contributed by atoms with E-state index in [-0.39, 0.29) is 5.41 Å². The molecule has 1 atom stereocenters. The van der Waals surface area contributed by atoms with Crippen LogP contribution in [0, 0.1) is 5.41 Å². The molecule has 0 spiro atoms. The molecular formula is C12H20O. The summed E-state index contributed by atoms with van der Waals surface area (Å²) in [5.74, 6) is 0.493. The van der Waals surface area contributed by atoms with E-state index in [1.807, 2.05) is 13.0 Å². The molecule has 1 aliphatic carbocycles. The van der Waals surface area contributed by atoms with Crippen LogP contribution in [0.4, 0.5) is 0 Å². The maximum Gasteiger partial charge on any atom is 0.115 e. The van der Waals surface area contributed by atoms with Gasteiger partial charge >= 0.3 is 0 Å². The summed E-state index contributed by atoms with van der Waals surface area (Å²) in [6, 6.07) is 0. The molecule has 1 unspecified atom stereocenters. The highest BCUT2D eigenvalue weighted by Gasteiger charge is 2.30. The highest BCUT2D eigenvalue weighted by Crippen LogP contribution is 2.42. The minimum atomic E-state index is 0.185. The Morgan fingerprint density at radius 1 is 1.46 bits per heavy atom. The first-order valence-electron chi connectivity index (χ1n) is 5.13. The lowest BCUT2D eigenvalue weighted by Crippen LogP contribution is -2.22. The van der Waals surface area contributed by atoms with Crippen molar-refractivity contribution in [2.45, 2.75) is 47.0 Å². The van der Waals surface area contributed by atoms with Crippen LogP contribution in [0.25, 0.3) is 0 Å². The van der Waals surface area contributed by atoms with Gasteiger partial charge in [0.2, 0.25) is 0 Å². The summed E-state index contributed by atoms with van der Waals surface area (Å²) in [5.41, 5.74) is 2.70. The molecule has 0 aromatic rings. The first-order valence-corrected chi connectivity index (χ1v) is 5.13. The van der Waals surface area contributed by atoms with Gasteiger partial charge in [0.15, 0.2) is 0 Å². The third kappa shape index (κ3) is 1.79. The molecule has 0 amide bonds. The van der Waals surface area contributed by atoms with Gasteiger partial charge in [-0.05, 0) is 43.3 Å². The SMILES string of the molecule is CCC1=CC(O)=C(C)C(C)(CC)C1. The van der Waals surface area contributed by atoms with Crippen molar-refractivity contribution >= 4 is 0 Å². The molecule has 0 radical (unpaired) electrons. The van der Waals surface area contributed by atoms with E-state index >= 15 is 0 Å². The van der Waals surface area contributed by atoms with E-state index in [2.05, 4.69) is 20.8 Å². The Bertz CT molecular complexity index is 260. The number of hydrogen-bond donors (Lipinski definition) is 1. The quantitative estimate of drug-likeness (QED) is 0.681. The molecule has 0 aromatic carbocycles. The fourth-order valence-electron chi connectivity index (χ4n) is 1.91. The molecule has 0 fully saturated rings. The Morgan fingerprint density at radius 3 is 2.54 bits per heavy atom. The molecule has 1 nitrogen and oxygen atoms in total. The van der Waals surface area contributed by atoms with Crippen LogP contribution in [0.15, 0.2) is 23.0 Å². The van der Waals surface area contributed by atoms with E-state index in [9.17, 15) is 5.11 Å².